The second-order valence-electron chi connectivity index (χ2n) is 7.05. The molecular formula is C22H23N3O3. The molecule has 0 unspecified atom stereocenters. The van der Waals surface area contributed by atoms with Crippen LogP contribution in [0.1, 0.15) is 36.7 Å². The van der Waals surface area contributed by atoms with E-state index in [4.69, 9.17) is 4.74 Å². The monoisotopic (exact) mass is 377 g/mol. The fourth-order valence-corrected chi connectivity index (χ4v) is 3.86. The molecule has 1 saturated heterocycles. The van der Waals surface area contributed by atoms with Crippen molar-refractivity contribution in [3.05, 3.63) is 70.3 Å². The summed E-state index contributed by atoms with van der Waals surface area (Å²) in [5.41, 5.74) is 1.63. The van der Waals surface area contributed by atoms with Gasteiger partial charge in [-0.25, -0.2) is 4.98 Å². The van der Waals surface area contributed by atoms with Crippen LogP contribution >= 0.6 is 0 Å². The number of fused-ring (bicyclic) bond motifs is 1. The smallest absolute Gasteiger partial charge is 0.258 e. The van der Waals surface area contributed by atoms with Gasteiger partial charge in [0.25, 0.3) is 5.56 Å². The van der Waals surface area contributed by atoms with Crippen LogP contribution in [0.2, 0.25) is 0 Å². The number of aromatic amines is 1. The second-order valence-corrected chi connectivity index (χ2v) is 7.05. The number of methoxy groups -OCH3 is 1. The predicted octanol–water partition coefficient (Wildman–Crippen LogP) is 3.23. The number of carbonyl (C=O) groups is 1. The number of nitrogens with zero attached hydrogens (tertiary/aromatic N) is 2. The molecule has 0 aliphatic carbocycles. The molecular weight excluding hydrogens is 354 g/mol. The minimum absolute atomic E-state index is 0.0918. The van der Waals surface area contributed by atoms with Crippen LogP contribution in [-0.4, -0.2) is 34.4 Å². The minimum atomic E-state index is -0.162. The lowest BCUT2D eigenvalue weighted by atomic mass is 10.0. The predicted molar refractivity (Wildman–Crippen MR) is 107 cm³/mol. The first kappa shape index (κ1) is 18.2. The zero-order valence-electron chi connectivity index (χ0n) is 15.9. The number of aryl methyl sites for hydroxylation is 1. The third-order valence-electron chi connectivity index (χ3n) is 5.31. The van der Waals surface area contributed by atoms with Crippen molar-refractivity contribution >= 4 is 16.8 Å². The molecule has 1 fully saturated rings. The van der Waals surface area contributed by atoms with E-state index in [0.29, 0.717) is 29.6 Å². The van der Waals surface area contributed by atoms with Crippen molar-refractivity contribution in [3.63, 3.8) is 0 Å². The Kier molecular flexibility index (Phi) is 5.10. The molecule has 4 rings (SSSR count). The molecule has 28 heavy (non-hydrogen) atoms. The number of hydrogen-bond acceptors (Lipinski definition) is 4. The molecule has 6 nitrogen and oxygen atoms in total. The van der Waals surface area contributed by atoms with Gasteiger partial charge in [0.15, 0.2) is 0 Å². The van der Waals surface area contributed by atoms with Crippen molar-refractivity contribution in [1.29, 1.82) is 0 Å². The number of carbonyl (C=O) groups excluding carboxylic acids is 1. The molecule has 3 aromatic rings. The first-order chi connectivity index (χ1) is 13.7. The summed E-state index contributed by atoms with van der Waals surface area (Å²) < 4.78 is 5.22. The normalized spacial score (nSPS) is 16.5. The van der Waals surface area contributed by atoms with Crippen molar-refractivity contribution < 1.29 is 9.53 Å². The molecule has 0 spiro atoms. The molecule has 0 saturated carbocycles. The lowest BCUT2D eigenvalue weighted by Gasteiger charge is -2.25. The number of ether oxygens (including phenoxy) is 1. The van der Waals surface area contributed by atoms with E-state index in [1.807, 2.05) is 47.4 Å². The Hall–Kier alpha value is -3.15. The lowest BCUT2D eigenvalue weighted by molar-refractivity contribution is -0.132. The van der Waals surface area contributed by atoms with Gasteiger partial charge in [-0.3, -0.25) is 9.59 Å². The fraction of sp³-hybridized carbons (Fsp3) is 0.318. The number of aromatic nitrogens is 2. The summed E-state index contributed by atoms with van der Waals surface area (Å²) >= 11 is 0. The van der Waals surface area contributed by atoms with E-state index in [2.05, 4.69) is 9.97 Å². The molecule has 1 aliphatic heterocycles. The van der Waals surface area contributed by atoms with Crippen LogP contribution in [0, 0.1) is 0 Å². The SMILES string of the molecule is COc1ccc([C@@H]2CCCN2C(=O)CCc2nc3ccccc3c(=O)[nH]2)cc1. The van der Waals surface area contributed by atoms with Crippen molar-refractivity contribution in [2.24, 2.45) is 0 Å². The zero-order chi connectivity index (χ0) is 19.5. The molecule has 2 aromatic carbocycles. The molecule has 1 aliphatic rings. The van der Waals surface area contributed by atoms with Crippen LogP contribution in [0.5, 0.6) is 5.75 Å². The maximum atomic E-state index is 12.9. The third-order valence-corrected chi connectivity index (χ3v) is 5.31. The summed E-state index contributed by atoms with van der Waals surface area (Å²) in [6, 6.07) is 15.2. The first-order valence-electron chi connectivity index (χ1n) is 9.57. The van der Waals surface area contributed by atoms with E-state index < -0.39 is 0 Å². The third kappa shape index (κ3) is 3.63. The van der Waals surface area contributed by atoms with Crippen molar-refractivity contribution in [3.8, 4) is 5.75 Å². The molecule has 2 heterocycles. The quantitative estimate of drug-likeness (QED) is 0.741. The summed E-state index contributed by atoms with van der Waals surface area (Å²) in [4.78, 5) is 34.3. The van der Waals surface area contributed by atoms with Gasteiger partial charge in [-0.2, -0.15) is 0 Å². The molecule has 1 aromatic heterocycles. The number of amides is 1. The van der Waals surface area contributed by atoms with E-state index >= 15 is 0 Å². The summed E-state index contributed by atoms with van der Waals surface area (Å²) in [5.74, 6) is 1.46. The Morgan fingerprint density at radius 1 is 1.21 bits per heavy atom. The average Bonchev–Trinajstić information content (AvgIpc) is 3.22. The summed E-state index contributed by atoms with van der Waals surface area (Å²) in [6.45, 7) is 0.761. The van der Waals surface area contributed by atoms with Crippen LogP contribution in [0.15, 0.2) is 53.3 Å². The molecule has 0 bridgehead atoms. The fourth-order valence-electron chi connectivity index (χ4n) is 3.86. The van der Waals surface area contributed by atoms with Gasteiger partial charge in [0.2, 0.25) is 5.91 Å². The highest BCUT2D eigenvalue weighted by molar-refractivity contribution is 5.78. The van der Waals surface area contributed by atoms with E-state index in [9.17, 15) is 9.59 Å². The van der Waals surface area contributed by atoms with Gasteiger partial charge >= 0.3 is 0 Å². The highest BCUT2D eigenvalue weighted by atomic mass is 16.5. The van der Waals surface area contributed by atoms with Crippen LogP contribution in [0.4, 0.5) is 0 Å². The van der Waals surface area contributed by atoms with E-state index in [1.165, 1.54) is 0 Å². The Bertz CT molecular complexity index is 1040. The van der Waals surface area contributed by atoms with Crippen molar-refractivity contribution in [2.45, 2.75) is 31.7 Å². The van der Waals surface area contributed by atoms with Crippen LogP contribution in [0.3, 0.4) is 0 Å². The Labute approximate surface area is 163 Å². The standard InChI is InChI=1S/C22H23N3O3/c1-28-16-10-8-15(9-11-16)19-7-4-14-25(19)21(26)13-12-20-23-18-6-3-2-5-17(18)22(27)24-20/h2-3,5-6,8-11,19H,4,7,12-14H2,1H3,(H,23,24,27)/t19-/m0/s1. The largest absolute Gasteiger partial charge is 0.497 e. The average molecular weight is 377 g/mol. The zero-order valence-corrected chi connectivity index (χ0v) is 15.9. The second kappa shape index (κ2) is 7.84. The molecule has 1 atom stereocenters. The summed E-state index contributed by atoms with van der Waals surface area (Å²) in [5, 5.41) is 0.566. The number of likely N-dealkylation sites (tertiary alicyclic amines) is 1. The summed E-state index contributed by atoms with van der Waals surface area (Å²) in [6.07, 6.45) is 2.70. The van der Waals surface area contributed by atoms with E-state index in [0.717, 1.165) is 30.7 Å². The number of hydrogen-bond donors (Lipinski definition) is 1. The van der Waals surface area contributed by atoms with Gasteiger partial charge in [-0.1, -0.05) is 24.3 Å². The highest BCUT2D eigenvalue weighted by Crippen LogP contribution is 2.33. The molecule has 1 amide bonds. The number of benzene rings is 2. The maximum absolute atomic E-state index is 12.9. The first-order valence-corrected chi connectivity index (χ1v) is 9.57. The number of para-hydroxylation sites is 1. The maximum Gasteiger partial charge on any atom is 0.258 e. The van der Waals surface area contributed by atoms with Crippen LogP contribution in [0.25, 0.3) is 10.9 Å². The van der Waals surface area contributed by atoms with Gasteiger partial charge in [0, 0.05) is 19.4 Å². The minimum Gasteiger partial charge on any atom is -0.497 e. The van der Waals surface area contributed by atoms with Gasteiger partial charge in [-0.15, -0.1) is 0 Å². The molecule has 0 radical (unpaired) electrons. The van der Waals surface area contributed by atoms with Crippen molar-refractivity contribution in [1.82, 2.24) is 14.9 Å². The Morgan fingerprint density at radius 2 is 2.00 bits per heavy atom. The van der Waals surface area contributed by atoms with Gasteiger partial charge < -0.3 is 14.6 Å². The number of H-pyrrole nitrogens is 1. The van der Waals surface area contributed by atoms with Gasteiger partial charge in [0.1, 0.15) is 11.6 Å². The molecule has 1 N–H and O–H groups in total. The Morgan fingerprint density at radius 3 is 2.79 bits per heavy atom. The summed E-state index contributed by atoms with van der Waals surface area (Å²) in [7, 11) is 1.64. The highest BCUT2D eigenvalue weighted by Gasteiger charge is 2.29. The lowest BCUT2D eigenvalue weighted by Crippen LogP contribution is -2.31. The Balaban J connectivity index is 1.46. The van der Waals surface area contributed by atoms with Gasteiger partial charge in [-0.05, 0) is 42.7 Å². The van der Waals surface area contributed by atoms with Gasteiger partial charge in [0.05, 0.1) is 24.1 Å². The molecule has 144 valence electrons. The number of nitrogens with one attached hydrogen (secondary N) is 1. The van der Waals surface area contributed by atoms with Crippen LogP contribution < -0.4 is 10.3 Å². The number of rotatable bonds is 5. The van der Waals surface area contributed by atoms with E-state index in [1.54, 1.807) is 13.2 Å². The van der Waals surface area contributed by atoms with Crippen molar-refractivity contribution in [2.75, 3.05) is 13.7 Å². The topological polar surface area (TPSA) is 75.3 Å². The van der Waals surface area contributed by atoms with E-state index in [-0.39, 0.29) is 17.5 Å². The molecule has 6 heteroatoms. The van der Waals surface area contributed by atoms with Crippen LogP contribution in [-0.2, 0) is 11.2 Å².